The second-order valence-corrected chi connectivity index (χ2v) is 8.05. The molecule has 0 saturated heterocycles. The van der Waals surface area contributed by atoms with Gasteiger partial charge in [-0.05, 0) is 42.2 Å². The maximum atomic E-state index is 12.7. The zero-order chi connectivity index (χ0) is 18.4. The fourth-order valence-corrected chi connectivity index (χ4v) is 4.00. The van der Waals surface area contributed by atoms with Gasteiger partial charge >= 0.3 is 5.76 Å². The lowest BCUT2D eigenvalue weighted by atomic mass is 10.0. The molecule has 0 spiro atoms. The third-order valence-corrected chi connectivity index (χ3v) is 5.73. The maximum Gasteiger partial charge on any atom is 0.419 e. The number of oxazole rings is 1. The third-order valence-electron chi connectivity index (χ3n) is 4.21. The van der Waals surface area contributed by atoms with Crippen LogP contribution in [0.1, 0.15) is 30.9 Å². The zero-order valence-corrected chi connectivity index (χ0v) is 15.3. The number of fused-ring (bicyclic) bond motifs is 1. The number of rotatable bonds is 4. The molecule has 6 nitrogen and oxygen atoms in total. The van der Waals surface area contributed by atoms with Crippen LogP contribution < -0.4 is 10.5 Å². The molecule has 132 valence electrons. The summed E-state index contributed by atoms with van der Waals surface area (Å²) in [6, 6.07) is 10.3. The van der Waals surface area contributed by atoms with Gasteiger partial charge in [-0.25, -0.2) is 13.2 Å². The van der Waals surface area contributed by atoms with Crippen LogP contribution in [0.3, 0.4) is 0 Å². The average molecular weight is 360 g/mol. The second-order valence-electron chi connectivity index (χ2n) is 6.39. The molecular weight excluding hydrogens is 340 g/mol. The van der Waals surface area contributed by atoms with Crippen LogP contribution in [-0.2, 0) is 17.1 Å². The minimum absolute atomic E-state index is 0.0855. The minimum atomic E-state index is -3.79. The number of hydrogen-bond acceptors (Lipinski definition) is 4. The molecule has 1 heterocycles. The van der Waals surface area contributed by atoms with Crippen LogP contribution in [0.2, 0.25) is 0 Å². The largest absolute Gasteiger partial charge is 0.419 e. The van der Waals surface area contributed by atoms with E-state index < -0.39 is 15.8 Å². The summed E-state index contributed by atoms with van der Waals surface area (Å²) in [7, 11) is -2.21. The fraction of sp³-hybridized carbons (Fsp3) is 0.278. The molecule has 3 rings (SSSR count). The summed E-state index contributed by atoms with van der Waals surface area (Å²) in [5, 5.41) is 0. The Kier molecular flexibility index (Phi) is 4.20. The second kappa shape index (κ2) is 6.07. The van der Waals surface area contributed by atoms with E-state index in [1.54, 1.807) is 32.2 Å². The summed E-state index contributed by atoms with van der Waals surface area (Å²) in [4.78, 5) is 11.7. The first-order chi connectivity index (χ1) is 11.7. The van der Waals surface area contributed by atoms with Crippen LogP contribution in [0.4, 0.5) is 5.69 Å². The van der Waals surface area contributed by atoms with Gasteiger partial charge in [-0.3, -0.25) is 9.29 Å². The summed E-state index contributed by atoms with van der Waals surface area (Å²) in [5.41, 5.74) is 2.96. The summed E-state index contributed by atoms with van der Waals surface area (Å²) >= 11 is 0. The van der Waals surface area contributed by atoms with Crippen molar-refractivity contribution in [2.75, 3.05) is 4.72 Å². The highest BCUT2D eigenvalue weighted by atomic mass is 32.2. The van der Waals surface area contributed by atoms with Crippen molar-refractivity contribution in [2.24, 2.45) is 7.05 Å². The van der Waals surface area contributed by atoms with Crippen molar-refractivity contribution in [3.05, 3.63) is 58.1 Å². The first-order valence-corrected chi connectivity index (χ1v) is 9.40. The molecule has 0 aliphatic carbocycles. The molecule has 0 amide bonds. The van der Waals surface area contributed by atoms with E-state index >= 15 is 0 Å². The number of hydrogen-bond donors (Lipinski definition) is 1. The Morgan fingerprint density at radius 1 is 1.12 bits per heavy atom. The normalized spacial score (nSPS) is 12.0. The van der Waals surface area contributed by atoms with E-state index in [2.05, 4.69) is 18.6 Å². The van der Waals surface area contributed by atoms with Crippen molar-refractivity contribution < 1.29 is 12.8 Å². The predicted octanol–water partition coefficient (Wildman–Crippen LogP) is 3.36. The molecule has 0 unspecified atom stereocenters. The number of nitrogens with zero attached hydrogens (tertiary/aromatic N) is 1. The van der Waals surface area contributed by atoms with Gasteiger partial charge in [0.25, 0.3) is 10.0 Å². The third kappa shape index (κ3) is 3.19. The molecule has 0 radical (unpaired) electrons. The molecule has 0 saturated carbocycles. The predicted molar refractivity (Wildman–Crippen MR) is 97.5 cm³/mol. The van der Waals surface area contributed by atoms with Gasteiger partial charge in [-0.15, -0.1) is 0 Å². The van der Waals surface area contributed by atoms with Crippen molar-refractivity contribution in [3.63, 3.8) is 0 Å². The number of aryl methyl sites for hydroxylation is 2. The van der Waals surface area contributed by atoms with Crippen LogP contribution >= 0.6 is 0 Å². The van der Waals surface area contributed by atoms with Crippen molar-refractivity contribution in [3.8, 4) is 0 Å². The lowest BCUT2D eigenvalue weighted by Crippen LogP contribution is -2.14. The maximum absolute atomic E-state index is 12.7. The minimum Gasteiger partial charge on any atom is -0.408 e. The van der Waals surface area contributed by atoms with Crippen molar-refractivity contribution in [1.29, 1.82) is 0 Å². The Bertz CT molecular complexity index is 1090. The van der Waals surface area contributed by atoms with E-state index in [4.69, 9.17) is 4.42 Å². The topological polar surface area (TPSA) is 81.3 Å². The molecule has 0 fully saturated rings. The molecule has 1 aromatic heterocycles. The molecule has 0 bridgehead atoms. The molecule has 25 heavy (non-hydrogen) atoms. The van der Waals surface area contributed by atoms with Crippen molar-refractivity contribution in [2.45, 2.75) is 31.6 Å². The van der Waals surface area contributed by atoms with Gasteiger partial charge in [0.2, 0.25) is 0 Å². The fourth-order valence-electron chi connectivity index (χ4n) is 2.69. The van der Waals surface area contributed by atoms with Gasteiger partial charge in [0.1, 0.15) is 0 Å². The highest BCUT2D eigenvalue weighted by molar-refractivity contribution is 7.92. The van der Waals surface area contributed by atoms with E-state index in [0.29, 0.717) is 22.7 Å². The Balaban J connectivity index is 2.00. The number of anilines is 1. The number of nitrogens with one attached hydrogen (secondary N) is 1. The standard InChI is InChI=1S/C18H20N2O4S/c1-11(2)13-5-7-14(8-6-13)19-25(22,23)17-10-16-15(9-12(17)3)20(4)18(21)24-16/h5-11,19H,1-4H3. The van der Waals surface area contributed by atoms with Gasteiger partial charge in [0, 0.05) is 18.8 Å². The highest BCUT2D eigenvalue weighted by Crippen LogP contribution is 2.25. The first kappa shape index (κ1) is 17.3. The van der Waals surface area contributed by atoms with Gasteiger partial charge in [0.05, 0.1) is 10.4 Å². The summed E-state index contributed by atoms with van der Waals surface area (Å²) in [6.07, 6.45) is 0. The van der Waals surface area contributed by atoms with Crippen LogP contribution in [0.15, 0.2) is 50.5 Å². The summed E-state index contributed by atoms with van der Waals surface area (Å²) in [6.45, 7) is 5.84. The summed E-state index contributed by atoms with van der Waals surface area (Å²) < 4.78 is 34.5. The number of sulfonamides is 1. The lowest BCUT2D eigenvalue weighted by Gasteiger charge is -2.12. The van der Waals surface area contributed by atoms with Crippen molar-refractivity contribution in [1.82, 2.24) is 4.57 Å². The van der Waals surface area contributed by atoms with Gasteiger partial charge in [0.15, 0.2) is 5.58 Å². The van der Waals surface area contributed by atoms with E-state index in [0.717, 1.165) is 5.56 Å². The smallest absolute Gasteiger partial charge is 0.408 e. The molecule has 1 N–H and O–H groups in total. The van der Waals surface area contributed by atoms with Gasteiger partial charge in [-0.1, -0.05) is 26.0 Å². The van der Waals surface area contributed by atoms with E-state index in [1.165, 1.54) is 10.6 Å². The van der Waals surface area contributed by atoms with E-state index in [9.17, 15) is 13.2 Å². The van der Waals surface area contributed by atoms with E-state index in [-0.39, 0.29) is 10.5 Å². The Morgan fingerprint density at radius 3 is 2.36 bits per heavy atom. The molecule has 0 atom stereocenters. The molecule has 0 aliphatic heterocycles. The van der Waals surface area contributed by atoms with Crippen LogP contribution in [-0.4, -0.2) is 13.0 Å². The Morgan fingerprint density at radius 2 is 1.76 bits per heavy atom. The monoisotopic (exact) mass is 360 g/mol. The molecule has 3 aromatic rings. The Labute approximate surface area is 146 Å². The molecule has 0 aliphatic rings. The quantitative estimate of drug-likeness (QED) is 0.773. The number of benzene rings is 2. The van der Waals surface area contributed by atoms with Crippen LogP contribution in [0, 0.1) is 6.92 Å². The lowest BCUT2D eigenvalue weighted by molar-refractivity contribution is 0.527. The Hall–Kier alpha value is -2.54. The first-order valence-electron chi connectivity index (χ1n) is 7.92. The molecule has 2 aromatic carbocycles. The highest BCUT2D eigenvalue weighted by Gasteiger charge is 2.20. The van der Waals surface area contributed by atoms with Crippen LogP contribution in [0.25, 0.3) is 11.1 Å². The zero-order valence-electron chi connectivity index (χ0n) is 14.5. The van der Waals surface area contributed by atoms with Gasteiger partial charge in [-0.2, -0.15) is 0 Å². The van der Waals surface area contributed by atoms with Crippen LogP contribution in [0.5, 0.6) is 0 Å². The number of aromatic nitrogens is 1. The average Bonchev–Trinajstić information content (AvgIpc) is 2.81. The molecule has 7 heteroatoms. The molecular formula is C18H20N2O4S. The summed E-state index contributed by atoms with van der Waals surface area (Å²) in [5.74, 6) is -0.155. The van der Waals surface area contributed by atoms with Crippen molar-refractivity contribution >= 4 is 26.8 Å². The van der Waals surface area contributed by atoms with E-state index in [1.807, 2.05) is 12.1 Å². The van der Waals surface area contributed by atoms with Gasteiger partial charge < -0.3 is 4.42 Å². The SMILES string of the molecule is Cc1cc2c(cc1S(=O)(=O)Nc1ccc(C(C)C)cc1)oc(=O)n2C.